The number of rotatable bonds is 7. The van der Waals surface area contributed by atoms with Gasteiger partial charge in [-0.2, -0.15) is 0 Å². The second-order valence-electron chi connectivity index (χ2n) is 9.24. The standard InChI is InChI=1S/C28H33N3O3S/c1-6-23(19-11-13-20(34-4)14-12-19)31-18(3)26(21-9-7-8-10-24(21)31)28(33)29-16-22-25(35-5)15-17(2)30-27(22)32/h1,7-10,15,19-20,23H,11-14,16H2,2-5H3,(H,29,33)(H,30,32). The molecule has 1 aromatic carbocycles. The SMILES string of the molecule is C#CC(C1CCC(OC)CC1)n1c(C)c(C(=O)NCc2c(SC)cc(C)[nH]c2=O)c2ccccc21. The lowest BCUT2D eigenvalue weighted by Gasteiger charge is -2.32. The van der Waals surface area contributed by atoms with Crippen molar-refractivity contribution in [3.05, 3.63) is 63.2 Å². The number of aromatic amines is 1. The molecule has 2 heterocycles. The highest BCUT2D eigenvalue weighted by Gasteiger charge is 2.31. The number of aryl methyl sites for hydroxylation is 1. The summed E-state index contributed by atoms with van der Waals surface area (Å²) >= 11 is 1.50. The van der Waals surface area contributed by atoms with Crippen LogP contribution in [0.25, 0.3) is 10.9 Å². The number of carbonyl (C=O) groups is 1. The number of nitrogens with one attached hydrogen (secondary N) is 2. The number of aromatic nitrogens is 2. The second kappa shape index (κ2) is 10.8. The van der Waals surface area contributed by atoms with E-state index in [0.29, 0.717) is 23.1 Å². The predicted molar refractivity (Wildman–Crippen MR) is 142 cm³/mol. The number of thioether (sulfide) groups is 1. The fourth-order valence-electron chi connectivity index (χ4n) is 5.39. The van der Waals surface area contributed by atoms with E-state index in [-0.39, 0.29) is 24.1 Å². The number of benzene rings is 1. The molecule has 0 aliphatic heterocycles. The molecule has 1 unspecified atom stereocenters. The summed E-state index contributed by atoms with van der Waals surface area (Å²) in [5.74, 6) is 3.15. The Kier molecular flexibility index (Phi) is 7.73. The van der Waals surface area contributed by atoms with Gasteiger partial charge in [-0.05, 0) is 63.8 Å². The number of hydrogen-bond donors (Lipinski definition) is 2. The Balaban J connectivity index is 1.67. The first-order chi connectivity index (χ1) is 16.9. The molecule has 0 saturated heterocycles. The van der Waals surface area contributed by atoms with E-state index < -0.39 is 0 Å². The summed E-state index contributed by atoms with van der Waals surface area (Å²) in [6.07, 6.45) is 12.3. The molecule has 0 radical (unpaired) electrons. The van der Waals surface area contributed by atoms with Crippen LogP contribution in [0.15, 0.2) is 40.0 Å². The van der Waals surface area contributed by atoms with Crippen molar-refractivity contribution in [2.24, 2.45) is 5.92 Å². The van der Waals surface area contributed by atoms with Crippen molar-refractivity contribution in [3.8, 4) is 12.3 Å². The van der Waals surface area contributed by atoms with Crippen molar-refractivity contribution in [3.63, 3.8) is 0 Å². The fraction of sp³-hybridized carbons (Fsp3) is 0.429. The minimum Gasteiger partial charge on any atom is -0.381 e. The third kappa shape index (κ3) is 4.91. The zero-order chi connectivity index (χ0) is 25.1. The van der Waals surface area contributed by atoms with Crippen molar-refractivity contribution in [2.75, 3.05) is 13.4 Å². The van der Waals surface area contributed by atoms with E-state index in [0.717, 1.165) is 52.9 Å². The zero-order valence-corrected chi connectivity index (χ0v) is 21.6. The van der Waals surface area contributed by atoms with Gasteiger partial charge in [0, 0.05) is 40.9 Å². The molecule has 1 fully saturated rings. The van der Waals surface area contributed by atoms with Crippen molar-refractivity contribution in [1.82, 2.24) is 14.9 Å². The quantitative estimate of drug-likeness (QED) is 0.361. The van der Waals surface area contributed by atoms with Gasteiger partial charge in [-0.25, -0.2) is 0 Å². The van der Waals surface area contributed by atoms with E-state index in [1.165, 1.54) is 11.8 Å². The number of amides is 1. The van der Waals surface area contributed by atoms with Crippen LogP contribution in [0.1, 0.15) is 59.0 Å². The lowest BCUT2D eigenvalue weighted by atomic mass is 9.82. The van der Waals surface area contributed by atoms with Crippen LogP contribution < -0.4 is 10.9 Å². The maximum atomic E-state index is 13.5. The van der Waals surface area contributed by atoms with Gasteiger partial charge in [-0.15, -0.1) is 18.2 Å². The lowest BCUT2D eigenvalue weighted by Crippen LogP contribution is -2.29. The van der Waals surface area contributed by atoms with Crippen LogP contribution in [0.3, 0.4) is 0 Å². The van der Waals surface area contributed by atoms with E-state index >= 15 is 0 Å². The summed E-state index contributed by atoms with van der Waals surface area (Å²) < 4.78 is 7.71. The van der Waals surface area contributed by atoms with Crippen molar-refractivity contribution in [1.29, 1.82) is 0 Å². The molecule has 2 N–H and O–H groups in total. The maximum Gasteiger partial charge on any atom is 0.254 e. The minimum absolute atomic E-state index is 0.137. The molecule has 0 spiro atoms. The fourth-order valence-corrected chi connectivity index (χ4v) is 6.10. The Morgan fingerprint density at radius 3 is 2.66 bits per heavy atom. The molecular formula is C28H33N3O3S. The van der Waals surface area contributed by atoms with Crippen LogP contribution in [0.5, 0.6) is 0 Å². The molecule has 3 aromatic rings. The number of methoxy groups -OCH3 is 1. The summed E-state index contributed by atoms with van der Waals surface area (Å²) in [5.41, 5.74) is 3.62. The van der Waals surface area contributed by atoms with Gasteiger partial charge < -0.3 is 19.6 Å². The minimum atomic E-state index is -0.205. The summed E-state index contributed by atoms with van der Waals surface area (Å²) in [6.45, 7) is 3.97. The predicted octanol–water partition coefficient (Wildman–Crippen LogP) is 4.98. The molecule has 2 aromatic heterocycles. The Bertz CT molecular complexity index is 1330. The highest BCUT2D eigenvalue weighted by molar-refractivity contribution is 7.98. The second-order valence-corrected chi connectivity index (χ2v) is 10.1. The molecular weight excluding hydrogens is 458 g/mol. The first kappa shape index (κ1) is 25.2. The van der Waals surface area contributed by atoms with Gasteiger partial charge in [0.05, 0.1) is 23.2 Å². The number of carbonyl (C=O) groups excluding carboxylic acids is 1. The number of pyridine rings is 1. The average Bonchev–Trinajstić information content (AvgIpc) is 3.15. The topological polar surface area (TPSA) is 76.1 Å². The van der Waals surface area contributed by atoms with Crippen LogP contribution >= 0.6 is 11.8 Å². The third-order valence-corrected chi connectivity index (χ3v) is 8.01. The molecule has 1 atom stereocenters. The van der Waals surface area contributed by atoms with Crippen LogP contribution in [0, 0.1) is 32.1 Å². The Hall–Kier alpha value is -2.95. The summed E-state index contributed by atoms with van der Waals surface area (Å²) in [7, 11) is 1.77. The van der Waals surface area contributed by atoms with Crippen LogP contribution in [-0.4, -0.2) is 34.9 Å². The molecule has 4 rings (SSSR count). The molecule has 7 heteroatoms. The van der Waals surface area contributed by atoms with E-state index in [2.05, 4.69) is 20.8 Å². The first-order valence-electron chi connectivity index (χ1n) is 12.0. The van der Waals surface area contributed by atoms with E-state index in [1.54, 1.807) is 7.11 Å². The van der Waals surface area contributed by atoms with Crippen molar-refractivity contribution < 1.29 is 9.53 Å². The Morgan fingerprint density at radius 1 is 1.29 bits per heavy atom. The van der Waals surface area contributed by atoms with E-state index in [1.807, 2.05) is 50.4 Å². The first-order valence-corrected chi connectivity index (χ1v) is 13.3. The van der Waals surface area contributed by atoms with Gasteiger partial charge in [-0.3, -0.25) is 9.59 Å². The van der Waals surface area contributed by atoms with Crippen molar-refractivity contribution in [2.45, 2.75) is 63.1 Å². The third-order valence-electron chi connectivity index (χ3n) is 7.21. The lowest BCUT2D eigenvalue weighted by molar-refractivity contribution is 0.0518. The summed E-state index contributed by atoms with van der Waals surface area (Å²) in [5, 5.41) is 3.86. The normalized spacial score (nSPS) is 18.8. The monoisotopic (exact) mass is 491 g/mol. The number of hydrogen-bond acceptors (Lipinski definition) is 4. The molecule has 1 saturated carbocycles. The molecule has 184 valence electrons. The van der Waals surface area contributed by atoms with Crippen LogP contribution in [0.4, 0.5) is 0 Å². The molecule has 1 aliphatic rings. The zero-order valence-electron chi connectivity index (χ0n) is 20.8. The van der Waals surface area contributed by atoms with Crippen LogP contribution in [0.2, 0.25) is 0 Å². The number of nitrogens with zero attached hydrogens (tertiary/aromatic N) is 1. The van der Waals surface area contributed by atoms with Crippen LogP contribution in [-0.2, 0) is 11.3 Å². The molecule has 35 heavy (non-hydrogen) atoms. The molecule has 6 nitrogen and oxygen atoms in total. The Morgan fingerprint density at radius 2 is 2.00 bits per heavy atom. The number of terminal acetylenes is 1. The molecule has 0 bridgehead atoms. The smallest absolute Gasteiger partial charge is 0.254 e. The van der Waals surface area contributed by atoms with E-state index in [4.69, 9.17) is 11.2 Å². The number of fused-ring (bicyclic) bond motifs is 1. The summed E-state index contributed by atoms with van der Waals surface area (Å²) in [6, 6.07) is 9.71. The molecule has 1 amide bonds. The van der Waals surface area contributed by atoms with Crippen molar-refractivity contribution >= 4 is 28.6 Å². The average molecular weight is 492 g/mol. The largest absolute Gasteiger partial charge is 0.381 e. The van der Waals surface area contributed by atoms with Gasteiger partial charge in [0.1, 0.15) is 0 Å². The van der Waals surface area contributed by atoms with Gasteiger partial charge >= 0.3 is 0 Å². The molecule has 1 aliphatic carbocycles. The highest BCUT2D eigenvalue weighted by atomic mass is 32.2. The Labute approximate surface area is 210 Å². The maximum absolute atomic E-state index is 13.5. The summed E-state index contributed by atoms with van der Waals surface area (Å²) in [4.78, 5) is 29.7. The highest BCUT2D eigenvalue weighted by Crippen LogP contribution is 2.38. The van der Waals surface area contributed by atoms with Gasteiger partial charge in [0.25, 0.3) is 11.5 Å². The number of para-hydroxylation sites is 1. The van der Waals surface area contributed by atoms with Gasteiger partial charge in [-0.1, -0.05) is 24.1 Å². The van der Waals surface area contributed by atoms with Gasteiger partial charge in [0.15, 0.2) is 0 Å². The number of ether oxygens (including phenoxy) is 1. The number of H-pyrrole nitrogens is 1. The van der Waals surface area contributed by atoms with Gasteiger partial charge in [0.2, 0.25) is 0 Å². The van der Waals surface area contributed by atoms with E-state index in [9.17, 15) is 9.59 Å².